The van der Waals surface area contributed by atoms with Gasteiger partial charge in [-0.3, -0.25) is 4.79 Å². The van der Waals surface area contributed by atoms with Gasteiger partial charge in [0.1, 0.15) is 5.82 Å². The van der Waals surface area contributed by atoms with Gasteiger partial charge in [0.2, 0.25) is 0 Å². The highest BCUT2D eigenvalue weighted by Crippen LogP contribution is 2.34. The molecule has 3 aromatic rings. The Hall–Kier alpha value is -2.07. The minimum Gasteiger partial charge on any atom is -0.347 e. The first-order valence-electron chi connectivity index (χ1n) is 9.00. The first-order chi connectivity index (χ1) is 11.9. The van der Waals surface area contributed by atoms with Crippen LogP contribution in [0, 0.1) is 12.8 Å². The number of benzene rings is 1. The molecule has 0 spiro atoms. The SMILES string of the molecule is Cl.[2H]C([2H])([2H])c1nccn1CC1CCc2c(c3ccccc3n2C)C1=O. The van der Waals surface area contributed by atoms with Crippen LogP contribution in [-0.4, -0.2) is 19.9 Å². The van der Waals surface area contributed by atoms with Crippen molar-refractivity contribution >= 4 is 29.1 Å². The fourth-order valence-corrected chi connectivity index (χ4v) is 3.55. The van der Waals surface area contributed by atoms with Gasteiger partial charge in [0, 0.05) is 58.2 Å². The van der Waals surface area contributed by atoms with Crippen LogP contribution >= 0.6 is 12.4 Å². The number of fused-ring (bicyclic) bond motifs is 3. The molecule has 4 nitrogen and oxygen atoms in total. The van der Waals surface area contributed by atoms with E-state index < -0.39 is 6.85 Å². The zero-order valence-electron chi connectivity index (χ0n) is 15.8. The molecule has 5 heteroatoms. The number of hydrogen-bond acceptors (Lipinski definition) is 2. The average Bonchev–Trinajstić information content (AvgIpc) is 3.14. The van der Waals surface area contributed by atoms with E-state index in [-0.39, 0.29) is 29.9 Å². The second kappa shape index (κ2) is 5.85. The van der Waals surface area contributed by atoms with Crippen LogP contribution in [0.3, 0.4) is 0 Å². The molecule has 0 saturated heterocycles. The Bertz CT molecular complexity index is 974. The third-order valence-corrected chi connectivity index (χ3v) is 4.71. The zero-order valence-corrected chi connectivity index (χ0v) is 13.6. The summed E-state index contributed by atoms with van der Waals surface area (Å²) in [5.41, 5.74) is 2.93. The molecule has 0 N–H and O–H groups in total. The molecule has 4 rings (SSSR count). The summed E-state index contributed by atoms with van der Waals surface area (Å²) < 4.78 is 26.5. The molecule has 23 heavy (non-hydrogen) atoms. The maximum absolute atomic E-state index is 13.1. The van der Waals surface area contributed by atoms with Crippen LogP contribution in [0.5, 0.6) is 0 Å². The standard InChI is InChI=1S/C18H19N3O.ClH/c1-12-19-9-10-21(12)11-13-7-8-16-17(18(13)22)14-5-3-4-6-15(14)20(16)2;/h3-6,9-10,13H,7-8,11H2,1-2H3;1H/i1D3;. The predicted octanol–water partition coefficient (Wildman–Crippen LogP) is 3.55. The van der Waals surface area contributed by atoms with Crippen LogP contribution in [0.25, 0.3) is 10.9 Å². The Morgan fingerprint density at radius 2 is 2.22 bits per heavy atom. The third kappa shape index (κ3) is 2.38. The van der Waals surface area contributed by atoms with Gasteiger partial charge < -0.3 is 9.13 Å². The van der Waals surface area contributed by atoms with E-state index in [1.807, 2.05) is 31.3 Å². The lowest BCUT2D eigenvalue weighted by Gasteiger charge is -2.23. The van der Waals surface area contributed by atoms with Gasteiger partial charge in [-0.25, -0.2) is 4.98 Å². The van der Waals surface area contributed by atoms with Gasteiger partial charge in [-0.15, -0.1) is 12.4 Å². The number of carbonyl (C=O) groups excluding carboxylic acids is 1. The lowest BCUT2D eigenvalue weighted by Crippen LogP contribution is -2.27. The monoisotopic (exact) mass is 332 g/mol. The van der Waals surface area contributed by atoms with Crippen LogP contribution in [0.4, 0.5) is 0 Å². The Labute approximate surface area is 145 Å². The molecule has 1 aliphatic carbocycles. The van der Waals surface area contributed by atoms with Crippen molar-refractivity contribution in [3.8, 4) is 0 Å². The smallest absolute Gasteiger partial charge is 0.170 e. The molecule has 0 bridgehead atoms. The van der Waals surface area contributed by atoms with Crippen molar-refractivity contribution in [3.05, 3.63) is 53.7 Å². The Morgan fingerprint density at radius 3 is 3.04 bits per heavy atom. The normalized spacial score (nSPS) is 19.6. The molecule has 120 valence electrons. The maximum Gasteiger partial charge on any atom is 0.170 e. The topological polar surface area (TPSA) is 39.8 Å². The van der Waals surface area contributed by atoms with Crippen molar-refractivity contribution in [3.63, 3.8) is 0 Å². The number of halogens is 1. The van der Waals surface area contributed by atoms with Gasteiger partial charge in [0.25, 0.3) is 0 Å². The van der Waals surface area contributed by atoms with Crippen molar-refractivity contribution < 1.29 is 8.91 Å². The number of para-hydroxylation sites is 1. The number of nitrogens with zero attached hydrogens (tertiary/aromatic N) is 3. The largest absolute Gasteiger partial charge is 0.347 e. The summed E-state index contributed by atoms with van der Waals surface area (Å²) >= 11 is 0. The van der Waals surface area contributed by atoms with Gasteiger partial charge in [0.15, 0.2) is 5.78 Å². The summed E-state index contributed by atoms with van der Waals surface area (Å²) in [6, 6.07) is 7.93. The maximum atomic E-state index is 13.1. The van der Waals surface area contributed by atoms with Crippen LogP contribution in [-0.2, 0) is 20.0 Å². The van der Waals surface area contributed by atoms with E-state index in [0.717, 1.165) is 28.6 Å². The highest BCUT2D eigenvalue weighted by molar-refractivity contribution is 6.11. The van der Waals surface area contributed by atoms with Crippen molar-refractivity contribution in [2.24, 2.45) is 13.0 Å². The predicted molar refractivity (Wildman–Crippen MR) is 93.3 cm³/mol. The average molecular weight is 333 g/mol. The van der Waals surface area contributed by atoms with Gasteiger partial charge in [-0.05, 0) is 25.8 Å². The van der Waals surface area contributed by atoms with Gasteiger partial charge in [-0.2, -0.15) is 0 Å². The molecule has 1 aliphatic rings. The Balaban J connectivity index is 0.00000196. The fourth-order valence-electron chi connectivity index (χ4n) is 3.55. The van der Waals surface area contributed by atoms with Gasteiger partial charge in [0.05, 0.1) is 0 Å². The zero-order chi connectivity index (χ0) is 17.8. The molecule has 0 fully saturated rings. The van der Waals surface area contributed by atoms with E-state index >= 15 is 0 Å². The van der Waals surface area contributed by atoms with E-state index in [1.54, 1.807) is 10.8 Å². The highest BCUT2D eigenvalue weighted by Gasteiger charge is 2.32. The molecule has 0 amide bonds. The quantitative estimate of drug-likeness (QED) is 0.720. The van der Waals surface area contributed by atoms with Crippen molar-refractivity contribution in [1.29, 1.82) is 0 Å². The number of ketones is 1. The molecular formula is C18H20ClN3O. The number of imidazole rings is 1. The van der Waals surface area contributed by atoms with Crippen molar-refractivity contribution in [2.75, 3.05) is 0 Å². The fraction of sp³-hybridized carbons (Fsp3) is 0.333. The third-order valence-electron chi connectivity index (χ3n) is 4.71. The summed E-state index contributed by atoms with van der Waals surface area (Å²) in [4.78, 5) is 17.1. The Morgan fingerprint density at radius 1 is 1.39 bits per heavy atom. The summed E-state index contributed by atoms with van der Waals surface area (Å²) in [7, 11) is 2.00. The molecule has 0 radical (unpaired) electrons. The van der Waals surface area contributed by atoms with Crippen LogP contribution in [0.1, 0.15) is 32.4 Å². The van der Waals surface area contributed by atoms with E-state index in [4.69, 9.17) is 4.11 Å². The van der Waals surface area contributed by atoms with Crippen LogP contribution in [0.2, 0.25) is 0 Å². The summed E-state index contributed by atoms with van der Waals surface area (Å²) in [5, 5.41) is 0.983. The molecule has 1 atom stereocenters. The van der Waals surface area contributed by atoms with Gasteiger partial charge >= 0.3 is 0 Å². The molecule has 1 aromatic carbocycles. The molecular weight excluding hydrogens is 310 g/mol. The minimum atomic E-state index is -2.27. The first-order valence-corrected chi connectivity index (χ1v) is 7.50. The summed E-state index contributed by atoms with van der Waals surface area (Å²) in [6.45, 7) is -1.92. The van der Waals surface area contributed by atoms with Crippen molar-refractivity contribution in [2.45, 2.75) is 26.2 Å². The summed E-state index contributed by atoms with van der Waals surface area (Å²) in [5.74, 6) is -0.0825. The number of hydrogen-bond donors (Lipinski definition) is 0. The second-order valence-electron chi connectivity index (χ2n) is 5.90. The highest BCUT2D eigenvalue weighted by atomic mass is 35.5. The minimum absolute atomic E-state index is 0. The molecule has 2 aromatic heterocycles. The van der Waals surface area contributed by atoms with E-state index in [9.17, 15) is 4.79 Å². The number of Topliss-reactive ketones (excluding diaryl/α,β-unsaturated/α-hetero) is 1. The summed E-state index contributed by atoms with van der Waals surface area (Å²) in [6.07, 6.45) is 4.66. The van der Waals surface area contributed by atoms with Crippen LogP contribution < -0.4 is 0 Å². The van der Waals surface area contributed by atoms with E-state index in [2.05, 4.69) is 9.55 Å². The molecule has 0 saturated carbocycles. The molecule has 1 unspecified atom stereocenters. The van der Waals surface area contributed by atoms with E-state index in [1.165, 1.54) is 6.20 Å². The van der Waals surface area contributed by atoms with Crippen LogP contribution in [0.15, 0.2) is 36.7 Å². The lowest BCUT2D eigenvalue weighted by molar-refractivity contribution is 0.0888. The lowest BCUT2D eigenvalue weighted by atomic mass is 9.85. The van der Waals surface area contributed by atoms with E-state index in [0.29, 0.717) is 13.0 Å². The van der Waals surface area contributed by atoms with Gasteiger partial charge in [-0.1, -0.05) is 18.2 Å². The van der Waals surface area contributed by atoms with Crippen molar-refractivity contribution in [1.82, 2.24) is 14.1 Å². The number of aromatic nitrogens is 3. The molecule has 0 aliphatic heterocycles. The number of carbonyl (C=O) groups is 1. The second-order valence-corrected chi connectivity index (χ2v) is 5.90. The number of rotatable bonds is 2. The first kappa shape index (κ1) is 12.4. The molecule has 2 heterocycles. The number of aryl methyl sites for hydroxylation is 2. The Kier molecular flexibility index (Phi) is 3.15.